The van der Waals surface area contributed by atoms with E-state index >= 15 is 0 Å². The number of nitrogens with zero attached hydrogens (tertiary/aromatic N) is 1. The minimum absolute atomic E-state index is 0.120. The molecule has 3 fully saturated rings. The van der Waals surface area contributed by atoms with Crippen LogP contribution in [0.5, 0.6) is 0 Å². The molecule has 8 nitrogen and oxygen atoms in total. The molecule has 140 valence electrons. The fourth-order valence-electron chi connectivity index (χ4n) is 4.65. The third-order valence-corrected chi connectivity index (χ3v) is 6.17. The van der Waals surface area contributed by atoms with Crippen LogP contribution in [-0.4, -0.2) is 53.7 Å². The molecule has 3 aliphatic heterocycles. The second-order valence-electron chi connectivity index (χ2n) is 8.06. The van der Waals surface area contributed by atoms with Gasteiger partial charge in [0.1, 0.15) is 6.04 Å². The maximum absolute atomic E-state index is 12.8. The molecule has 2 saturated heterocycles. The van der Waals surface area contributed by atoms with Gasteiger partial charge in [-0.1, -0.05) is 0 Å². The molecule has 8 heteroatoms. The van der Waals surface area contributed by atoms with E-state index in [1.54, 1.807) is 12.1 Å². The molecule has 1 aliphatic carbocycles. The molecule has 1 unspecified atom stereocenters. The maximum Gasteiger partial charge on any atom is 0.262 e. The molecule has 27 heavy (non-hydrogen) atoms. The Labute approximate surface area is 155 Å². The molecule has 4 amide bonds. The van der Waals surface area contributed by atoms with Crippen molar-refractivity contribution in [3.05, 3.63) is 29.3 Å². The zero-order valence-corrected chi connectivity index (χ0v) is 14.7. The van der Waals surface area contributed by atoms with Crippen LogP contribution < -0.4 is 16.0 Å². The number of anilines is 1. The van der Waals surface area contributed by atoms with Crippen LogP contribution in [0.2, 0.25) is 0 Å². The highest BCUT2D eigenvalue weighted by molar-refractivity contribution is 6.23. The fraction of sp³-hybridized carbons (Fsp3) is 0.474. The van der Waals surface area contributed by atoms with Crippen LogP contribution in [0.15, 0.2) is 18.2 Å². The number of fused-ring (bicyclic) bond motifs is 1. The zero-order valence-electron chi connectivity index (χ0n) is 14.7. The van der Waals surface area contributed by atoms with Crippen LogP contribution in [-0.2, 0) is 9.59 Å². The van der Waals surface area contributed by atoms with Gasteiger partial charge in [-0.05, 0) is 42.9 Å². The van der Waals surface area contributed by atoms with Gasteiger partial charge in [0, 0.05) is 31.2 Å². The van der Waals surface area contributed by atoms with Crippen molar-refractivity contribution in [2.24, 2.45) is 5.41 Å². The number of hydrogen-bond acceptors (Lipinski definition) is 6. The van der Waals surface area contributed by atoms with Gasteiger partial charge in [0.05, 0.1) is 11.1 Å². The lowest BCUT2D eigenvalue weighted by molar-refractivity contribution is -0.136. The SMILES string of the molecule is O=C1CCC(N2C(=O)c3ccc(NC4CC5(CNC5)C4)cc3C2=O)C(=O)N1. The van der Waals surface area contributed by atoms with E-state index in [0.717, 1.165) is 36.5 Å². The average Bonchev–Trinajstić information content (AvgIpc) is 2.80. The molecule has 0 bridgehead atoms. The number of benzene rings is 1. The van der Waals surface area contributed by atoms with E-state index in [-0.39, 0.29) is 18.7 Å². The third-order valence-electron chi connectivity index (χ3n) is 6.17. The Hall–Kier alpha value is -2.74. The topological polar surface area (TPSA) is 108 Å². The predicted octanol–water partition coefficient (Wildman–Crippen LogP) is 0.252. The fourth-order valence-corrected chi connectivity index (χ4v) is 4.65. The summed E-state index contributed by atoms with van der Waals surface area (Å²) in [5, 5.41) is 8.95. The number of carbonyl (C=O) groups excluding carboxylic acids is 4. The molecule has 4 aliphatic rings. The molecule has 1 aromatic rings. The van der Waals surface area contributed by atoms with Crippen molar-refractivity contribution in [1.29, 1.82) is 0 Å². The first-order valence-corrected chi connectivity index (χ1v) is 9.29. The quantitative estimate of drug-likeness (QED) is 0.661. The van der Waals surface area contributed by atoms with Crippen LogP contribution in [0.1, 0.15) is 46.4 Å². The van der Waals surface area contributed by atoms with Gasteiger partial charge in [-0.25, -0.2) is 0 Å². The Morgan fingerprint density at radius 3 is 2.44 bits per heavy atom. The van der Waals surface area contributed by atoms with Crippen molar-refractivity contribution >= 4 is 29.3 Å². The maximum atomic E-state index is 12.8. The summed E-state index contributed by atoms with van der Waals surface area (Å²) in [6.45, 7) is 2.15. The first-order valence-electron chi connectivity index (χ1n) is 9.29. The molecule has 5 rings (SSSR count). The van der Waals surface area contributed by atoms with Gasteiger partial charge in [-0.2, -0.15) is 0 Å². The third kappa shape index (κ3) is 2.47. The number of amides is 4. The number of hydrogen-bond donors (Lipinski definition) is 3. The van der Waals surface area contributed by atoms with Gasteiger partial charge in [0.25, 0.3) is 11.8 Å². The van der Waals surface area contributed by atoms with E-state index in [9.17, 15) is 19.2 Å². The van der Waals surface area contributed by atoms with E-state index in [1.165, 1.54) is 0 Å². The second kappa shape index (κ2) is 5.63. The molecular weight excluding hydrogens is 348 g/mol. The molecule has 0 aromatic heterocycles. The lowest BCUT2D eigenvalue weighted by atomic mass is 9.61. The summed E-state index contributed by atoms with van der Waals surface area (Å²) >= 11 is 0. The van der Waals surface area contributed by atoms with Crippen molar-refractivity contribution in [3.63, 3.8) is 0 Å². The van der Waals surface area contributed by atoms with Gasteiger partial charge < -0.3 is 10.6 Å². The van der Waals surface area contributed by atoms with Crippen LogP contribution in [0, 0.1) is 5.41 Å². The normalized spacial score (nSPS) is 26.5. The smallest absolute Gasteiger partial charge is 0.262 e. The molecule has 3 heterocycles. The van der Waals surface area contributed by atoms with Crippen molar-refractivity contribution in [2.45, 2.75) is 37.8 Å². The minimum atomic E-state index is -0.927. The summed E-state index contributed by atoms with van der Waals surface area (Å²) < 4.78 is 0. The first-order chi connectivity index (χ1) is 13.0. The van der Waals surface area contributed by atoms with E-state index < -0.39 is 23.8 Å². The van der Waals surface area contributed by atoms with E-state index in [4.69, 9.17) is 0 Å². The summed E-state index contributed by atoms with van der Waals surface area (Å²) in [7, 11) is 0. The number of imide groups is 2. The molecule has 1 aromatic carbocycles. The summed E-state index contributed by atoms with van der Waals surface area (Å²) in [5.74, 6) is -1.91. The van der Waals surface area contributed by atoms with Gasteiger partial charge in [-0.3, -0.25) is 29.4 Å². The van der Waals surface area contributed by atoms with Gasteiger partial charge in [-0.15, -0.1) is 0 Å². The lowest BCUT2D eigenvalue weighted by Crippen LogP contribution is -2.63. The zero-order chi connectivity index (χ0) is 18.8. The van der Waals surface area contributed by atoms with Crippen LogP contribution in [0.25, 0.3) is 0 Å². The van der Waals surface area contributed by atoms with Crippen molar-refractivity contribution in [1.82, 2.24) is 15.5 Å². The van der Waals surface area contributed by atoms with E-state index in [0.29, 0.717) is 22.6 Å². The Kier molecular flexibility index (Phi) is 3.42. The average molecular weight is 368 g/mol. The Morgan fingerprint density at radius 2 is 1.78 bits per heavy atom. The molecule has 1 spiro atoms. The lowest BCUT2D eigenvalue weighted by Gasteiger charge is -2.54. The Balaban J connectivity index is 1.33. The van der Waals surface area contributed by atoms with E-state index in [1.807, 2.05) is 6.07 Å². The molecule has 0 radical (unpaired) electrons. The number of rotatable bonds is 3. The minimum Gasteiger partial charge on any atom is -0.382 e. The van der Waals surface area contributed by atoms with Crippen molar-refractivity contribution < 1.29 is 19.2 Å². The van der Waals surface area contributed by atoms with Gasteiger partial charge >= 0.3 is 0 Å². The molecular formula is C19H20N4O4. The monoisotopic (exact) mass is 368 g/mol. The Bertz CT molecular complexity index is 884. The number of carbonyl (C=O) groups is 4. The number of nitrogens with one attached hydrogen (secondary N) is 3. The van der Waals surface area contributed by atoms with Crippen LogP contribution >= 0.6 is 0 Å². The largest absolute Gasteiger partial charge is 0.382 e. The highest BCUT2D eigenvalue weighted by Crippen LogP contribution is 2.45. The predicted molar refractivity (Wildman–Crippen MR) is 95.1 cm³/mol. The highest BCUT2D eigenvalue weighted by atomic mass is 16.2. The summed E-state index contributed by atoms with van der Waals surface area (Å²) in [5.41, 5.74) is 1.88. The van der Waals surface area contributed by atoms with Gasteiger partial charge in [0.2, 0.25) is 11.8 Å². The van der Waals surface area contributed by atoms with Crippen molar-refractivity contribution in [2.75, 3.05) is 18.4 Å². The number of piperidine rings is 1. The summed E-state index contributed by atoms with van der Waals surface area (Å²) in [6.07, 6.45) is 2.49. The summed E-state index contributed by atoms with van der Waals surface area (Å²) in [4.78, 5) is 49.9. The highest BCUT2D eigenvalue weighted by Gasteiger charge is 2.48. The summed E-state index contributed by atoms with van der Waals surface area (Å²) in [6, 6.07) is 4.60. The van der Waals surface area contributed by atoms with Gasteiger partial charge in [0.15, 0.2) is 0 Å². The molecule has 3 N–H and O–H groups in total. The first kappa shape index (κ1) is 16.4. The standard InChI is InChI=1S/C19H20N4O4/c24-15-4-3-14(16(25)22-15)23-17(26)12-2-1-10(5-13(12)18(23)27)21-11-6-19(7-11)8-20-9-19/h1-2,5,11,14,20-21H,3-4,6-9H2,(H,22,24,25). The van der Waals surface area contributed by atoms with Crippen molar-refractivity contribution in [3.8, 4) is 0 Å². The Morgan fingerprint density at radius 1 is 1.04 bits per heavy atom. The van der Waals surface area contributed by atoms with E-state index in [2.05, 4.69) is 16.0 Å². The second-order valence-corrected chi connectivity index (χ2v) is 8.06. The molecule has 1 atom stereocenters. The van der Waals surface area contributed by atoms with Crippen LogP contribution in [0.3, 0.4) is 0 Å². The molecule has 1 saturated carbocycles. The van der Waals surface area contributed by atoms with Crippen LogP contribution in [0.4, 0.5) is 5.69 Å².